The smallest absolute Gasteiger partial charge is 0.243 e. The van der Waals surface area contributed by atoms with E-state index in [1.165, 1.54) is 21.9 Å². The Morgan fingerprint density at radius 1 is 1.40 bits per heavy atom. The predicted octanol–water partition coefficient (Wildman–Crippen LogP) is -0.558. The van der Waals surface area contributed by atoms with Gasteiger partial charge in [-0.05, 0) is 6.92 Å². The van der Waals surface area contributed by atoms with E-state index in [-0.39, 0.29) is 11.9 Å². The number of amides is 1. The molecule has 0 bridgehead atoms. The third-order valence-corrected chi connectivity index (χ3v) is 5.17. The summed E-state index contributed by atoms with van der Waals surface area (Å²) in [6, 6.07) is -0.333. The van der Waals surface area contributed by atoms with E-state index >= 15 is 0 Å². The first-order chi connectivity index (χ1) is 9.38. The number of aromatic nitrogens is 2. The number of nitrogens with one attached hydrogen (secondary N) is 1. The number of piperazine rings is 1. The average molecular weight is 319 g/mol. The van der Waals surface area contributed by atoms with Crippen molar-refractivity contribution in [2.75, 3.05) is 37.8 Å². The molecule has 0 radical (unpaired) electrons. The van der Waals surface area contributed by atoms with Crippen molar-refractivity contribution in [2.24, 2.45) is 0 Å². The molecule has 2 heterocycles. The fourth-order valence-corrected chi connectivity index (χ4v) is 3.30. The molecule has 1 aromatic rings. The van der Waals surface area contributed by atoms with Gasteiger partial charge in [-0.3, -0.25) is 15.0 Å². The van der Waals surface area contributed by atoms with Gasteiger partial charge in [0.1, 0.15) is 5.51 Å². The van der Waals surface area contributed by atoms with Crippen molar-refractivity contribution in [1.82, 2.24) is 19.4 Å². The van der Waals surface area contributed by atoms with Crippen LogP contribution in [0.3, 0.4) is 0 Å². The summed E-state index contributed by atoms with van der Waals surface area (Å²) < 4.78 is 24.3. The van der Waals surface area contributed by atoms with Crippen molar-refractivity contribution in [1.29, 1.82) is 0 Å². The molecule has 0 aliphatic carbocycles. The third kappa shape index (κ3) is 3.72. The molecule has 1 fully saturated rings. The summed E-state index contributed by atoms with van der Waals surface area (Å²) in [5.41, 5.74) is 1.55. The Bertz CT molecular complexity index is 551. The summed E-state index contributed by atoms with van der Waals surface area (Å²) in [6.07, 6.45) is 1.20. The van der Waals surface area contributed by atoms with Gasteiger partial charge in [0.25, 0.3) is 0 Å². The molecular weight excluding hydrogens is 302 g/mol. The fraction of sp³-hybridized carbons (Fsp3) is 0.700. The van der Waals surface area contributed by atoms with Crippen LogP contribution in [0.4, 0.5) is 5.13 Å². The van der Waals surface area contributed by atoms with Crippen LogP contribution in [0.5, 0.6) is 0 Å². The van der Waals surface area contributed by atoms with Gasteiger partial charge in [-0.25, -0.2) is 8.42 Å². The monoisotopic (exact) mass is 319 g/mol. The highest BCUT2D eigenvalue weighted by atomic mass is 32.2. The van der Waals surface area contributed by atoms with Crippen molar-refractivity contribution in [3.8, 4) is 0 Å². The largest absolute Gasteiger partial charge is 0.299 e. The van der Waals surface area contributed by atoms with Crippen molar-refractivity contribution >= 4 is 32.4 Å². The quantitative estimate of drug-likeness (QED) is 0.799. The molecule has 1 aliphatic heterocycles. The molecule has 112 valence electrons. The Labute approximate surface area is 121 Å². The molecule has 10 heteroatoms. The molecular formula is C10H17N5O3S2. The average Bonchev–Trinajstić information content (AvgIpc) is 2.90. The lowest BCUT2D eigenvalue weighted by Gasteiger charge is -2.36. The second kappa shape index (κ2) is 6.12. The molecule has 0 aromatic carbocycles. The van der Waals surface area contributed by atoms with Crippen molar-refractivity contribution < 1.29 is 13.2 Å². The Hall–Kier alpha value is -1.10. The lowest BCUT2D eigenvalue weighted by Crippen LogP contribution is -2.53. The van der Waals surface area contributed by atoms with Crippen LogP contribution in [0.2, 0.25) is 0 Å². The van der Waals surface area contributed by atoms with Gasteiger partial charge in [0.05, 0.1) is 12.3 Å². The zero-order valence-corrected chi connectivity index (χ0v) is 12.9. The minimum Gasteiger partial charge on any atom is -0.299 e. The Balaban J connectivity index is 1.88. The number of carbonyl (C=O) groups excluding carboxylic acids is 1. The number of rotatable bonds is 4. The number of nitrogens with zero attached hydrogens (tertiary/aromatic N) is 4. The van der Waals surface area contributed by atoms with Crippen LogP contribution in [-0.2, 0) is 14.8 Å². The van der Waals surface area contributed by atoms with E-state index in [0.29, 0.717) is 31.3 Å². The zero-order chi connectivity index (χ0) is 14.8. The van der Waals surface area contributed by atoms with Crippen LogP contribution in [-0.4, -0.2) is 72.2 Å². The summed E-state index contributed by atoms with van der Waals surface area (Å²) in [7, 11) is -3.15. The van der Waals surface area contributed by atoms with Gasteiger partial charge < -0.3 is 0 Å². The summed E-state index contributed by atoms with van der Waals surface area (Å²) >= 11 is 1.26. The molecule has 1 atom stereocenters. The molecule has 1 N–H and O–H groups in total. The maximum absolute atomic E-state index is 12.0. The molecule has 1 aliphatic rings. The van der Waals surface area contributed by atoms with Crippen molar-refractivity contribution in [3.05, 3.63) is 5.51 Å². The van der Waals surface area contributed by atoms with Gasteiger partial charge in [-0.15, -0.1) is 10.2 Å². The number of hydrogen-bond acceptors (Lipinski definition) is 7. The second-order valence-corrected chi connectivity index (χ2v) is 7.42. The number of hydrogen-bond donors (Lipinski definition) is 1. The van der Waals surface area contributed by atoms with Crippen LogP contribution >= 0.6 is 11.3 Å². The second-order valence-electron chi connectivity index (χ2n) is 4.61. The third-order valence-electron chi connectivity index (χ3n) is 3.26. The first kappa shape index (κ1) is 15.3. The molecule has 0 saturated carbocycles. The normalized spacial score (nSPS) is 19.7. The molecule has 8 nitrogen and oxygen atoms in total. The van der Waals surface area contributed by atoms with Gasteiger partial charge in [0.15, 0.2) is 0 Å². The minimum absolute atomic E-state index is 0.158. The van der Waals surface area contributed by atoms with Crippen LogP contribution < -0.4 is 5.32 Å². The number of sulfonamides is 1. The predicted molar refractivity (Wildman–Crippen MR) is 76.0 cm³/mol. The summed E-state index contributed by atoms with van der Waals surface area (Å²) in [5.74, 6) is -0.158. The molecule has 1 aromatic heterocycles. The lowest BCUT2D eigenvalue weighted by molar-refractivity contribution is -0.121. The van der Waals surface area contributed by atoms with Crippen LogP contribution in [0.25, 0.3) is 0 Å². The van der Waals surface area contributed by atoms with E-state index < -0.39 is 10.0 Å². The van der Waals surface area contributed by atoms with Crippen molar-refractivity contribution in [2.45, 2.75) is 13.0 Å². The summed E-state index contributed by atoms with van der Waals surface area (Å²) in [6.45, 7) is 3.70. The van der Waals surface area contributed by atoms with Gasteiger partial charge in [-0.2, -0.15) is 4.31 Å². The minimum atomic E-state index is -3.15. The summed E-state index contributed by atoms with van der Waals surface area (Å²) in [5, 5.41) is 10.6. The highest BCUT2D eigenvalue weighted by Gasteiger charge is 2.29. The maximum atomic E-state index is 12.0. The first-order valence-electron chi connectivity index (χ1n) is 6.14. The standard InChI is InChI=1S/C10H17N5O3S2/c1-8(9(16)12-10-13-11-7-19-10)14-3-5-15(6-4-14)20(2,17)18/h7-8H,3-6H2,1-2H3,(H,12,13,16)/t8-/m1/s1. The summed E-state index contributed by atoms with van der Waals surface area (Å²) in [4.78, 5) is 14.0. The van der Waals surface area contributed by atoms with Gasteiger partial charge >= 0.3 is 0 Å². The highest BCUT2D eigenvalue weighted by molar-refractivity contribution is 7.88. The molecule has 1 saturated heterocycles. The van der Waals surface area contributed by atoms with Crippen LogP contribution in [0.15, 0.2) is 5.51 Å². The van der Waals surface area contributed by atoms with E-state index in [0.717, 1.165) is 0 Å². The molecule has 2 rings (SSSR count). The van der Waals surface area contributed by atoms with Crippen molar-refractivity contribution in [3.63, 3.8) is 0 Å². The number of anilines is 1. The SMILES string of the molecule is C[C@H](C(=O)Nc1nncs1)N1CCN(S(C)(=O)=O)CC1. The van der Waals surface area contributed by atoms with Gasteiger partial charge in [-0.1, -0.05) is 11.3 Å². The zero-order valence-electron chi connectivity index (χ0n) is 11.3. The highest BCUT2D eigenvalue weighted by Crippen LogP contribution is 2.12. The molecule has 0 unspecified atom stereocenters. The van der Waals surface area contributed by atoms with E-state index in [1.807, 2.05) is 4.90 Å². The van der Waals surface area contributed by atoms with Crippen LogP contribution in [0, 0.1) is 0 Å². The lowest BCUT2D eigenvalue weighted by atomic mass is 10.2. The van der Waals surface area contributed by atoms with Gasteiger partial charge in [0, 0.05) is 26.2 Å². The number of carbonyl (C=O) groups is 1. The molecule has 0 spiro atoms. The topological polar surface area (TPSA) is 95.5 Å². The maximum Gasteiger partial charge on any atom is 0.243 e. The van der Waals surface area contributed by atoms with E-state index in [2.05, 4.69) is 15.5 Å². The van der Waals surface area contributed by atoms with E-state index in [9.17, 15) is 13.2 Å². The Morgan fingerprint density at radius 2 is 2.05 bits per heavy atom. The Kier molecular flexibility index (Phi) is 4.68. The Morgan fingerprint density at radius 3 is 2.55 bits per heavy atom. The molecule has 1 amide bonds. The van der Waals surface area contributed by atoms with Gasteiger partial charge in [0.2, 0.25) is 21.1 Å². The van der Waals surface area contributed by atoms with E-state index in [1.54, 1.807) is 12.4 Å². The fourth-order valence-electron chi connectivity index (χ4n) is 2.03. The van der Waals surface area contributed by atoms with Crippen LogP contribution in [0.1, 0.15) is 6.92 Å². The van der Waals surface area contributed by atoms with E-state index in [4.69, 9.17) is 0 Å². The molecule has 20 heavy (non-hydrogen) atoms. The first-order valence-corrected chi connectivity index (χ1v) is 8.87.